The Kier molecular flexibility index (Phi) is 6.31. The lowest BCUT2D eigenvalue weighted by Crippen LogP contribution is -2.53. The minimum absolute atomic E-state index is 0.0556. The van der Waals surface area contributed by atoms with Gasteiger partial charge in [0, 0.05) is 39.1 Å². The number of nitriles is 1. The van der Waals surface area contributed by atoms with Gasteiger partial charge in [-0.3, -0.25) is 14.5 Å². The number of Topliss-reactive ketones (excluding diaryl/α,β-unsaturated/α-hetero) is 1. The van der Waals surface area contributed by atoms with E-state index in [4.69, 9.17) is 10.5 Å². The molecule has 0 radical (unpaired) electrons. The molecule has 1 spiro atoms. The van der Waals surface area contributed by atoms with Gasteiger partial charge >= 0.3 is 0 Å². The van der Waals surface area contributed by atoms with Gasteiger partial charge in [-0.25, -0.2) is 0 Å². The normalized spacial score (nSPS) is 21.2. The lowest BCUT2D eigenvalue weighted by Gasteiger charge is -2.47. The molecule has 0 fully saturated rings. The lowest BCUT2D eigenvalue weighted by molar-refractivity contribution is -0.125. The van der Waals surface area contributed by atoms with Crippen molar-refractivity contribution in [2.45, 2.75) is 38.6 Å². The molecule has 0 saturated carbocycles. The second-order valence-corrected chi connectivity index (χ2v) is 12.4. The van der Waals surface area contributed by atoms with Gasteiger partial charge in [-0.15, -0.1) is 0 Å². The second-order valence-electron chi connectivity index (χ2n) is 11.5. The predicted octanol–water partition coefficient (Wildman–Crippen LogP) is 6.10. The molecule has 2 N–H and O–H groups in total. The third kappa shape index (κ3) is 3.98. The van der Waals surface area contributed by atoms with Crippen molar-refractivity contribution in [1.82, 2.24) is 0 Å². The van der Waals surface area contributed by atoms with Crippen molar-refractivity contribution in [1.29, 1.82) is 5.26 Å². The van der Waals surface area contributed by atoms with Crippen LogP contribution in [0.1, 0.15) is 37.8 Å². The molecule has 7 nitrogen and oxygen atoms in total. The highest BCUT2D eigenvalue weighted by molar-refractivity contribution is 9.10. The van der Waals surface area contributed by atoms with Crippen molar-refractivity contribution < 1.29 is 14.3 Å². The minimum atomic E-state index is -1.65. The van der Waals surface area contributed by atoms with Crippen LogP contribution in [-0.2, 0) is 21.5 Å². The van der Waals surface area contributed by atoms with E-state index >= 15 is 0 Å². The van der Waals surface area contributed by atoms with Crippen molar-refractivity contribution in [3.8, 4) is 11.8 Å². The maximum absolute atomic E-state index is 14.9. The van der Waals surface area contributed by atoms with Crippen LogP contribution in [0.25, 0.3) is 0 Å². The van der Waals surface area contributed by atoms with E-state index in [1.54, 1.807) is 16.9 Å². The van der Waals surface area contributed by atoms with Gasteiger partial charge in [0.05, 0.1) is 19.2 Å². The standard InChI is InChI=1S/C33H29BrN4O3/c1-32(2)16-27-29(28(39)17-32)33(25(18-35)30(36)38(27)22-10-12-23(41-3)13-11-22)24-15-21(34)9-14-26(24)37(31(33)40)19-20-7-5-4-6-8-20/h4-15H,16-17,19,36H2,1-3H3. The summed E-state index contributed by atoms with van der Waals surface area (Å²) in [6.07, 6.45) is 0.745. The van der Waals surface area contributed by atoms with E-state index in [0.29, 0.717) is 46.9 Å². The van der Waals surface area contributed by atoms with Gasteiger partial charge in [-0.05, 0) is 59.9 Å². The Bertz CT molecular complexity index is 1700. The largest absolute Gasteiger partial charge is 0.497 e. The third-order valence-electron chi connectivity index (χ3n) is 8.21. The number of amides is 1. The lowest BCUT2D eigenvalue weighted by atomic mass is 9.60. The van der Waals surface area contributed by atoms with Crippen molar-refractivity contribution in [2.75, 3.05) is 16.9 Å². The maximum Gasteiger partial charge on any atom is 0.248 e. The Morgan fingerprint density at radius 2 is 1.73 bits per heavy atom. The molecule has 8 heteroatoms. The number of nitrogens with zero attached hydrogens (tertiary/aromatic N) is 3. The number of rotatable bonds is 4. The molecule has 0 aromatic heterocycles. The zero-order valence-corrected chi connectivity index (χ0v) is 24.7. The predicted molar refractivity (Wildman–Crippen MR) is 161 cm³/mol. The Balaban J connectivity index is 1.66. The molecule has 1 atom stereocenters. The van der Waals surface area contributed by atoms with Crippen LogP contribution in [0.4, 0.5) is 11.4 Å². The molecule has 3 aromatic rings. The van der Waals surface area contributed by atoms with Crippen molar-refractivity contribution in [3.05, 3.63) is 111 Å². The van der Waals surface area contributed by atoms with Crippen LogP contribution in [0.5, 0.6) is 5.75 Å². The van der Waals surface area contributed by atoms with Crippen LogP contribution >= 0.6 is 15.9 Å². The number of carbonyl (C=O) groups is 2. The summed E-state index contributed by atoms with van der Waals surface area (Å²) in [6, 6.07) is 24.9. The fourth-order valence-corrected chi connectivity index (χ4v) is 6.88. The van der Waals surface area contributed by atoms with E-state index < -0.39 is 5.41 Å². The Hall–Kier alpha value is -4.35. The molecule has 206 valence electrons. The van der Waals surface area contributed by atoms with Crippen LogP contribution in [0.2, 0.25) is 0 Å². The van der Waals surface area contributed by atoms with Gasteiger partial charge < -0.3 is 15.4 Å². The van der Waals surface area contributed by atoms with Gasteiger partial charge in [0.25, 0.3) is 0 Å². The summed E-state index contributed by atoms with van der Waals surface area (Å²) >= 11 is 3.58. The van der Waals surface area contributed by atoms with Crippen molar-refractivity contribution in [2.24, 2.45) is 11.1 Å². The van der Waals surface area contributed by atoms with E-state index in [1.807, 2.05) is 86.6 Å². The first-order chi connectivity index (χ1) is 19.6. The van der Waals surface area contributed by atoms with Gasteiger partial charge in [0.2, 0.25) is 5.91 Å². The quantitative estimate of drug-likeness (QED) is 0.384. The van der Waals surface area contributed by atoms with Gasteiger partial charge in [-0.1, -0.05) is 60.1 Å². The number of hydrogen-bond donors (Lipinski definition) is 1. The molecule has 0 saturated heterocycles. The summed E-state index contributed by atoms with van der Waals surface area (Å²) in [6.45, 7) is 4.37. The number of ketones is 1. The topological polar surface area (TPSA) is 99.7 Å². The Morgan fingerprint density at radius 3 is 2.39 bits per heavy atom. The van der Waals surface area contributed by atoms with Crippen LogP contribution in [0, 0.1) is 16.7 Å². The van der Waals surface area contributed by atoms with Gasteiger partial charge in [0.15, 0.2) is 5.78 Å². The van der Waals surface area contributed by atoms with Crippen LogP contribution < -0.4 is 20.3 Å². The summed E-state index contributed by atoms with van der Waals surface area (Å²) in [7, 11) is 1.59. The van der Waals surface area contributed by atoms with E-state index in [0.717, 1.165) is 10.0 Å². The summed E-state index contributed by atoms with van der Waals surface area (Å²) in [5, 5.41) is 10.8. The van der Waals surface area contributed by atoms with Gasteiger partial charge in [0.1, 0.15) is 23.1 Å². The van der Waals surface area contributed by atoms with E-state index in [1.165, 1.54) is 0 Å². The first-order valence-corrected chi connectivity index (χ1v) is 14.2. The number of anilines is 2. The summed E-state index contributed by atoms with van der Waals surface area (Å²) in [5.74, 6) is 0.309. The molecule has 2 aliphatic heterocycles. The Labute approximate surface area is 247 Å². The second kappa shape index (κ2) is 9.64. The maximum atomic E-state index is 14.9. The molecule has 3 aromatic carbocycles. The number of allylic oxidation sites excluding steroid dienone is 1. The smallest absolute Gasteiger partial charge is 0.248 e. The van der Waals surface area contributed by atoms with Gasteiger partial charge in [-0.2, -0.15) is 5.26 Å². The van der Waals surface area contributed by atoms with E-state index in [-0.39, 0.29) is 34.9 Å². The number of halogens is 1. The number of carbonyl (C=O) groups excluding carboxylic acids is 2. The van der Waals surface area contributed by atoms with Crippen molar-refractivity contribution in [3.63, 3.8) is 0 Å². The number of benzene rings is 3. The molecule has 3 aliphatic rings. The average Bonchev–Trinajstić information content (AvgIpc) is 3.16. The molecule has 1 aliphatic carbocycles. The van der Waals surface area contributed by atoms with Crippen LogP contribution in [-0.4, -0.2) is 18.8 Å². The number of hydrogen-bond acceptors (Lipinski definition) is 6. The number of fused-ring (bicyclic) bond motifs is 3. The molecule has 1 unspecified atom stereocenters. The zero-order valence-electron chi connectivity index (χ0n) is 23.1. The zero-order chi connectivity index (χ0) is 29.1. The highest BCUT2D eigenvalue weighted by Crippen LogP contribution is 2.59. The molecular weight excluding hydrogens is 580 g/mol. The SMILES string of the molecule is COc1ccc(N2C(N)=C(C#N)C3(C(=O)N(Cc4ccccc4)c4ccc(Br)cc43)C3=C2CC(C)(C)CC3=O)cc1. The molecule has 2 heterocycles. The number of nitrogens with two attached hydrogens (primary N) is 1. The molecular formula is C33H29BrN4O3. The summed E-state index contributed by atoms with van der Waals surface area (Å²) in [5.41, 5.74) is 8.78. The average molecular weight is 610 g/mol. The highest BCUT2D eigenvalue weighted by Gasteiger charge is 2.63. The fourth-order valence-electron chi connectivity index (χ4n) is 6.52. The Morgan fingerprint density at radius 1 is 1.02 bits per heavy atom. The molecule has 6 rings (SSSR count). The number of ether oxygens (including phenoxy) is 1. The first kappa shape index (κ1) is 26.9. The summed E-state index contributed by atoms with van der Waals surface area (Å²) < 4.78 is 6.09. The molecule has 0 bridgehead atoms. The van der Waals surface area contributed by atoms with E-state index in [9.17, 15) is 14.9 Å². The van der Waals surface area contributed by atoms with E-state index in [2.05, 4.69) is 22.0 Å². The molecule has 41 heavy (non-hydrogen) atoms. The number of methoxy groups -OCH3 is 1. The third-order valence-corrected chi connectivity index (χ3v) is 8.71. The molecule has 1 amide bonds. The summed E-state index contributed by atoms with van der Waals surface area (Å²) in [4.78, 5) is 32.7. The van der Waals surface area contributed by atoms with Crippen LogP contribution in [0.3, 0.4) is 0 Å². The monoisotopic (exact) mass is 608 g/mol. The highest BCUT2D eigenvalue weighted by atomic mass is 79.9. The van der Waals surface area contributed by atoms with Crippen LogP contribution in [0.15, 0.2) is 99.9 Å². The van der Waals surface area contributed by atoms with Crippen molar-refractivity contribution >= 4 is 39.0 Å². The fraction of sp³-hybridized carbons (Fsp3) is 0.242. The minimum Gasteiger partial charge on any atom is -0.497 e. The first-order valence-electron chi connectivity index (χ1n) is 13.4.